The molecule has 2 saturated heterocycles. The van der Waals surface area contributed by atoms with Crippen molar-refractivity contribution in [2.75, 3.05) is 19.6 Å². The van der Waals surface area contributed by atoms with Crippen LogP contribution in [0.3, 0.4) is 0 Å². The Labute approximate surface area is 151 Å². The van der Waals surface area contributed by atoms with Gasteiger partial charge in [0, 0.05) is 25.7 Å². The Bertz CT molecular complexity index is 735. The second-order valence-electron chi connectivity index (χ2n) is 7.83. The van der Waals surface area contributed by atoms with Crippen LogP contribution in [0.15, 0.2) is 29.2 Å². The summed E-state index contributed by atoms with van der Waals surface area (Å²) in [6.07, 6.45) is 0. The molecule has 2 fully saturated rings. The molecule has 1 unspecified atom stereocenters. The van der Waals surface area contributed by atoms with Gasteiger partial charge < -0.3 is 14.6 Å². The van der Waals surface area contributed by atoms with Crippen molar-refractivity contribution in [2.24, 2.45) is 0 Å². The van der Waals surface area contributed by atoms with Crippen molar-refractivity contribution >= 4 is 22.6 Å². The SMILES string of the molecule is CC1CNCCN1S(=O)(=O)c1cccc(B2OC(C)(C)C(C)(C)O2)c1. The lowest BCUT2D eigenvalue weighted by Crippen LogP contribution is -2.52. The van der Waals surface area contributed by atoms with Gasteiger partial charge in [0.25, 0.3) is 0 Å². The van der Waals surface area contributed by atoms with Crippen molar-refractivity contribution in [3.05, 3.63) is 24.3 Å². The lowest BCUT2D eigenvalue weighted by molar-refractivity contribution is 0.00578. The predicted octanol–water partition coefficient (Wildman–Crippen LogP) is 0.968. The summed E-state index contributed by atoms with van der Waals surface area (Å²) in [4.78, 5) is 0.286. The van der Waals surface area contributed by atoms with Gasteiger partial charge in [0.2, 0.25) is 10.0 Å². The molecule has 25 heavy (non-hydrogen) atoms. The molecule has 138 valence electrons. The van der Waals surface area contributed by atoms with Gasteiger partial charge in [0.15, 0.2) is 0 Å². The number of nitrogens with zero attached hydrogens (tertiary/aromatic N) is 1. The Hall–Kier alpha value is -0.925. The van der Waals surface area contributed by atoms with Gasteiger partial charge in [-0.15, -0.1) is 0 Å². The number of rotatable bonds is 3. The molecule has 1 N–H and O–H groups in total. The number of sulfonamides is 1. The minimum atomic E-state index is -3.54. The monoisotopic (exact) mass is 366 g/mol. The Morgan fingerprint density at radius 2 is 1.84 bits per heavy atom. The molecule has 0 radical (unpaired) electrons. The number of piperazine rings is 1. The van der Waals surface area contributed by atoms with E-state index >= 15 is 0 Å². The molecule has 6 nitrogen and oxygen atoms in total. The maximum Gasteiger partial charge on any atom is 0.494 e. The molecule has 3 rings (SSSR count). The van der Waals surface area contributed by atoms with Crippen LogP contribution in [0.5, 0.6) is 0 Å². The fourth-order valence-electron chi connectivity index (χ4n) is 3.12. The highest BCUT2D eigenvalue weighted by Crippen LogP contribution is 2.36. The fourth-order valence-corrected chi connectivity index (χ4v) is 4.80. The molecule has 0 amide bonds. The first-order chi connectivity index (χ1) is 11.5. The maximum atomic E-state index is 13.0. The third kappa shape index (κ3) is 3.38. The highest BCUT2D eigenvalue weighted by molar-refractivity contribution is 7.89. The fraction of sp³-hybridized carbons (Fsp3) is 0.647. The van der Waals surface area contributed by atoms with Gasteiger partial charge in [-0.3, -0.25) is 0 Å². The molecule has 1 aromatic rings. The summed E-state index contributed by atoms with van der Waals surface area (Å²) in [5.41, 5.74) is -0.193. The van der Waals surface area contributed by atoms with Crippen molar-refractivity contribution in [2.45, 2.75) is 56.8 Å². The third-order valence-corrected chi connectivity index (χ3v) is 7.44. The molecule has 1 aromatic carbocycles. The second-order valence-corrected chi connectivity index (χ2v) is 9.72. The normalized spacial score (nSPS) is 26.8. The van der Waals surface area contributed by atoms with Crippen molar-refractivity contribution in [1.29, 1.82) is 0 Å². The number of nitrogens with one attached hydrogen (secondary N) is 1. The van der Waals surface area contributed by atoms with Gasteiger partial charge in [-0.1, -0.05) is 12.1 Å². The average Bonchev–Trinajstić information content (AvgIpc) is 2.76. The lowest BCUT2D eigenvalue weighted by Gasteiger charge is -2.32. The molecular formula is C17H27BN2O4S. The van der Waals surface area contributed by atoms with Crippen LogP contribution in [0.25, 0.3) is 0 Å². The van der Waals surface area contributed by atoms with E-state index in [2.05, 4.69) is 5.32 Å². The summed E-state index contributed by atoms with van der Waals surface area (Å²) in [5, 5.41) is 3.22. The minimum Gasteiger partial charge on any atom is -0.399 e. The summed E-state index contributed by atoms with van der Waals surface area (Å²) in [7, 11) is -4.11. The van der Waals surface area contributed by atoms with Crippen LogP contribution >= 0.6 is 0 Å². The highest BCUT2D eigenvalue weighted by atomic mass is 32.2. The van der Waals surface area contributed by atoms with E-state index in [1.54, 1.807) is 22.5 Å². The van der Waals surface area contributed by atoms with E-state index in [1.807, 2.05) is 40.7 Å². The number of hydrogen-bond acceptors (Lipinski definition) is 5. The molecule has 2 aliphatic rings. The minimum absolute atomic E-state index is 0.0701. The van der Waals surface area contributed by atoms with Crippen molar-refractivity contribution in [1.82, 2.24) is 9.62 Å². The zero-order valence-electron chi connectivity index (χ0n) is 15.6. The highest BCUT2D eigenvalue weighted by Gasteiger charge is 2.51. The van der Waals surface area contributed by atoms with E-state index in [4.69, 9.17) is 9.31 Å². The predicted molar refractivity (Wildman–Crippen MR) is 98.4 cm³/mol. The van der Waals surface area contributed by atoms with Crippen LogP contribution in [0.1, 0.15) is 34.6 Å². The topological polar surface area (TPSA) is 67.9 Å². The molecule has 8 heteroatoms. The standard InChI is InChI=1S/C17H27BN2O4S/c1-13-12-19-9-10-20(13)25(21,22)15-8-6-7-14(11-15)18-23-16(2,3)17(4,5)24-18/h6-8,11,13,19H,9-10,12H2,1-5H3. The Balaban J connectivity index is 1.90. The molecule has 0 aliphatic carbocycles. The summed E-state index contributed by atoms with van der Waals surface area (Å²) in [5.74, 6) is 0. The summed E-state index contributed by atoms with van der Waals surface area (Å²) in [6.45, 7) is 11.7. The van der Waals surface area contributed by atoms with E-state index < -0.39 is 28.3 Å². The zero-order chi connectivity index (χ0) is 18.5. The molecule has 2 aliphatic heterocycles. The number of hydrogen-bond donors (Lipinski definition) is 1. The van der Waals surface area contributed by atoms with Gasteiger partial charge >= 0.3 is 7.12 Å². The Morgan fingerprint density at radius 3 is 2.44 bits per heavy atom. The summed E-state index contributed by atoms with van der Waals surface area (Å²) in [6, 6.07) is 6.84. The summed E-state index contributed by atoms with van der Waals surface area (Å²) >= 11 is 0. The van der Waals surface area contributed by atoms with Gasteiger partial charge in [0.05, 0.1) is 16.1 Å². The van der Waals surface area contributed by atoms with Crippen LogP contribution < -0.4 is 10.8 Å². The van der Waals surface area contributed by atoms with Crippen molar-refractivity contribution in [3.63, 3.8) is 0 Å². The first-order valence-corrected chi connectivity index (χ1v) is 10.2. The largest absolute Gasteiger partial charge is 0.494 e. The van der Waals surface area contributed by atoms with Crippen LogP contribution in [0.4, 0.5) is 0 Å². The first kappa shape index (κ1) is 18.9. The van der Waals surface area contributed by atoms with Crippen molar-refractivity contribution in [3.8, 4) is 0 Å². The van der Waals surface area contributed by atoms with Gasteiger partial charge in [-0.25, -0.2) is 8.42 Å². The Morgan fingerprint density at radius 1 is 1.20 bits per heavy atom. The van der Waals surface area contributed by atoms with Crippen LogP contribution in [-0.4, -0.2) is 56.7 Å². The maximum absolute atomic E-state index is 13.0. The molecule has 0 saturated carbocycles. The van der Waals surface area contributed by atoms with E-state index in [-0.39, 0.29) is 10.9 Å². The second kappa shape index (κ2) is 6.35. The Kier molecular flexibility index (Phi) is 4.79. The van der Waals surface area contributed by atoms with Crippen LogP contribution in [0.2, 0.25) is 0 Å². The zero-order valence-corrected chi connectivity index (χ0v) is 16.4. The lowest BCUT2D eigenvalue weighted by atomic mass is 9.79. The number of benzene rings is 1. The van der Waals surface area contributed by atoms with E-state index in [9.17, 15) is 8.42 Å². The van der Waals surface area contributed by atoms with E-state index in [0.29, 0.717) is 19.6 Å². The average molecular weight is 366 g/mol. The molecule has 0 bridgehead atoms. The van der Waals surface area contributed by atoms with Crippen molar-refractivity contribution < 1.29 is 17.7 Å². The first-order valence-electron chi connectivity index (χ1n) is 8.73. The van der Waals surface area contributed by atoms with E-state index in [0.717, 1.165) is 5.46 Å². The quantitative estimate of drug-likeness (QED) is 0.808. The third-order valence-electron chi connectivity index (χ3n) is 5.43. The van der Waals surface area contributed by atoms with Gasteiger partial charge in [-0.05, 0) is 52.2 Å². The molecule has 0 aromatic heterocycles. The van der Waals surface area contributed by atoms with E-state index in [1.165, 1.54) is 0 Å². The molecule has 2 heterocycles. The van der Waals surface area contributed by atoms with Crippen LogP contribution in [0, 0.1) is 0 Å². The van der Waals surface area contributed by atoms with Crippen LogP contribution in [-0.2, 0) is 19.3 Å². The smallest absolute Gasteiger partial charge is 0.399 e. The van der Waals surface area contributed by atoms with Gasteiger partial charge in [-0.2, -0.15) is 4.31 Å². The molecule has 1 atom stereocenters. The van der Waals surface area contributed by atoms with Gasteiger partial charge in [0.1, 0.15) is 0 Å². The molecular weight excluding hydrogens is 339 g/mol. The summed E-state index contributed by atoms with van der Waals surface area (Å²) < 4.78 is 39.7. The molecule has 0 spiro atoms.